The van der Waals surface area contributed by atoms with E-state index in [0.29, 0.717) is 38.3 Å². The molecule has 1 spiro atoms. The van der Waals surface area contributed by atoms with E-state index in [0.717, 1.165) is 86.1 Å². The van der Waals surface area contributed by atoms with Crippen molar-refractivity contribution in [2.75, 3.05) is 44.7 Å². The van der Waals surface area contributed by atoms with Crippen LogP contribution in [-0.2, 0) is 25.7 Å². The summed E-state index contributed by atoms with van der Waals surface area (Å²) < 4.78 is 20.2. The average molecular weight is 547 g/mol. The van der Waals surface area contributed by atoms with Gasteiger partial charge in [-0.15, -0.1) is 0 Å². The fourth-order valence-corrected chi connectivity index (χ4v) is 7.41. The van der Waals surface area contributed by atoms with Crippen LogP contribution in [0, 0.1) is 27.8 Å². The van der Waals surface area contributed by atoms with Gasteiger partial charge in [0.1, 0.15) is 30.8 Å². The molecule has 1 aromatic heterocycles. The minimum absolute atomic E-state index is 0.0392. The fourth-order valence-electron chi connectivity index (χ4n) is 7.41. The van der Waals surface area contributed by atoms with E-state index in [-0.39, 0.29) is 17.7 Å². The van der Waals surface area contributed by atoms with Crippen LogP contribution in [0.5, 0.6) is 6.01 Å². The maximum absolute atomic E-state index is 14.5. The van der Waals surface area contributed by atoms with Gasteiger partial charge in [0, 0.05) is 11.6 Å². The van der Waals surface area contributed by atoms with E-state index in [9.17, 15) is 14.9 Å². The summed E-state index contributed by atoms with van der Waals surface area (Å²) in [4.78, 5) is 14.4. The largest absolute Gasteiger partial charge is 0.627 e. The van der Waals surface area contributed by atoms with Gasteiger partial charge in [-0.25, -0.2) is 4.39 Å². The second-order valence-electron chi connectivity index (χ2n) is 12.3. The second-order valence-corrected chi connectivity index (χ2v) is 12.3. The minimum Gasteiger partial charge on any atom is -0.627 e. The number of benzene rings is 1. The first-order valence-corrected chi connectivity index (χ1v) is 14.7. The van der Waals surface area contributed by atoms with E-state index in [1.54, 1.807) is 6.07 Å². The SMILES string of the molecule is C=C[N+]1([O-])CCN(c2nc(OC[C@@H]3CCCN3C)nc3c2CC[C@@]2(CCc4c(F)cccc4C2)C3)C[C@@H]1CC#N. The van der Waals surface area contributed by atoms with Gasteiger partial charge in [-0.2, -0.15) is 15.2 Å². The van der Waals surface area contributed by atoms with Gasteiger partial charge in [-0.3, -0.25) is 0 Å². The zero-order valence-corrected chi connectivity index (χ0v) is 23.4. The van der Waals surface area contributed by atoms with Crippen molar-refractivity contribution in [1.82, 2.24) is 14.9 Å². The smallest absolute Gasteiger partial charge is 0.318 e. The summed E-state index contributed by atoms with van der Waals surface area (Å²) in [5, 5.41) is 22.7. The number of hydrogen-bond donors (Lipinski definition) is 0. The first kappa shape index (κ1) is 27.1. The van der Waals surface area contributed by atoms with Crippen LogP contribution in [0.4, 0.5) is 10.2 Å². The third-order valence-electron chi connectivity index (χ3n) is 9.97. The molecule has 212 valence electrons. The maximum Gasteiger partial charge on any atom is 0.318 e. The molecule has 4 atom stereocenters. The monoisotopic (exact) mass is 546 g/mol. The number of likely N-dealkylation sites (N-methyl/N-ethyl adjacent to an activating group) is 1. The van der Waals surface area contributed by atoms with Crippen molar-refractivity contribution in [3.05, 3.63) is 64.4 Å². The summed E-state index contributed by atoms with van der Waals surface area (Å²) in [6, 6.07) is 7.98. The van der Waals surface area contributed by atoms with Crippen LogP contribution in [0.3, 0.4) is 0 Å². The molecule has 0 saturated carbocycles. The van der Waals surface area contributed by atoms with E-state index in [1.165, 1.54) is 6.20 Å². The molecule has 2 fully saturated rings. The molecule has 2 aliphatic heterocycles. The Morgan fingerprint density at radius 2 is 2.08 bits per heavy atom. The fraction of sp³-hybridized carbons (Fsp3) is 0.581. The van der Waals surface area contributed by atoms with Crippen molar-refractivity contribution in [2.45, 2.75) is 69.9 Å². The van der Waals surface area contributed by atoms with E-state index in [2.05, 4.69) is 35.6 Å². The number of anilines is 1. The Balaban J connectivity index is 1.32. The molecular formula is C31H39FN6O2. The van der Waals surface area contributed by atoms with Crippen molar-refractivity contribution in [2.24, 2.45) is 5.41 Å². The number of aromatic nitrogens is 2. The molecule has 8 nitrogen and oxygen atoms in total. The van der Waals surface area contributed by atoms with Gasteiger partial charge >= 0.3 is 6.01 Å². The van der Waals surface area contributed by atoms with Crippen molar-refractivity contribution in [3.63, 3.8) is 0 Å². The molecule has 1 aromatic carbocycles. The van der Waals surface area contributed by atoms with Crippen molar-refractivity contribution in [3.8, 4) is 12.1 Å². The second kappa shape index (κ2) is 10.7. The number of nitriles is 1. The number of hydroxylamine groups is 3. The summed E-state index contributed by atoms with van der Waals surface area (Å²) in [5.74, 6) is 0.750. The lowest BCUT2D eigenvalue weighted by molar-refractivity contribution is -0.856. The summed E-state index contributed by atoms with van der Waals surface area (Å²) in [6.45, 7) is 6.67. The highest BCUT2D eigenvalue weighted by atomic mass is 19.1. The van der Waals surface area contributed by atoms with Crippen molar-refractivity contribution in [1.29, 1.82) is 5.26 Å². The van der Waals surface area contributed by atoms with E-state index < -0.39 is 10.7 Å². The zero-order chi connectivity index (χ0) is 27.9. The number of halogens is 1. The van der Waals surface area contributed by atoms with Gasteiger partial charge in [0.25, 0.3) is 0 Å². The first-order chi connectivity index (χ1) is 19.3. The molecule has 2 aromatic rings. The standard InChI is InChI=1S/C31H39FN6O2/c1-3-38(39)17-16-37(20-24(38)11-14-33)29-26-10-13-31(12-9-25-22(18-31)6-4-8-27(25)32)19-28(26)34-30(35-29)40-21-23-7-5-15-36(23)2/h3-4,6,8,23-24H,1,5,7,9-13,15-21H2,2H3/t23-,24-,31+,38?/m0/s1. The first-order valence-electron chi connectivity index (χ1n) is 14.7. The van der Waals surface area contributed by atoms with Gasteiger partial charge in [0.05, 0.1) is 37.5 Å². The van der Waals surface area contributed by atoms with Crippen LogP contribution in [0.15, 0.2) is 31.0 Å². The van der Waals surface area contributed by atoms with E-state index in [4.69, 9.17) is 14.7 Å². The Bertz CT molecular complexity index is 1330. The molecule has 0 radical (unpaired) electrons. The van der Waals surface area contributed by atoms with Crippen LogP contribution in [0.2, 0.25) is 0 Å². The summed E-state index contributed by atoms with van der Waals surface area (Å²) >= 11 is 0. The van der Waals surface area contributed by atoms with Gasteiger partial charge < -0.3 is 24.4 Å². The quantitative estimate of drug-likeness (QED) is 0.394. The van der Waals surface area contributed by atoms with Crippen molar-refractivity contribution >= 4 is 5.82 Å². The van der Waals surface area contributed by atoms with Gasteiger partial charge in [0.2, 0.25) is 0 Å². The van der Waals surface area contributed by atoms with E-state index >= 15 is 0 Å². The number of rotatable bonds is 6. The molecule has 1 unspecified atom stereocenters. The molecule has 4 aliphatic rings. The lowest BCUT2D eigenvalue weighted by Crippen LogP contribution is -2.60. The summed E-state index contributed by atoms with van der Waals surface area (Å²) in [7, 11) is 2.13. The molecule has 6 rings (SSSR count). The number of nitrogens with zero attached hydrogens (tertiary/aromatic N) is 6. The molecule has 0 bridgehead atoms. The number of quaternary nitrogens is 1. The normalized spacial score (nSPS) is 30.0. The number of ether oxygens (including phenoxy) is 1. The summed E-state index contributed by atoms with van der Waals surface area (Å²) in [5.41, 5.74) is 4.16. The highest BCUT2D eigenvalue weighted by Gasteiger charge is 2.42. The lowest BCUT2D eigenvalue weighted by Gasteiger charge is -2.51. The number of likely N-dealkylation sites (tertiary alicyclic amines) is 1. The molecule has 0 N–H and O–H groups in total. The highest BCUT2D eigenvalue weighted by Crippen LogP contribution is 2.47. The van der Waals surface area contributed by atoms with Gasteiger partial charge in [-0.05, 0) is 94.1 Å². The van der Waals surface area contributed by atoms with Crippen LogP contribution in [0.25, 0.3) is 0 Å². The molecule has 2 aliphatic carbocycles. The lowest BCUT2D eigenvalue weighted by atomic mass is 9.63. The van der Waals surface area contributed by atoms with Crippen LogP contribution in [0.1, 0.15) is 54.5 Å². The Labute approximate surface area is 236 Å². The van der Waals surface area contributed by atoms with Gasteiger partial charge in [0.15, 0.2) is 0 Å². The Morgan fingerprint density at radius 1 is 1.25 bits per heavy atom. The molecule has 9 heteroatoms. The van der Waals surface area contributed by atoms with Crippen LogP contribution in [-0.4, -0.2) is 71.4 Å². The molecule has 40 heavy (non-hydrogen) atoms. The average Bonchev–Trinajstić information content (AvgIpc) is 3.37. The number of fused-ring (bicyclic) bond motifs is 2. The molecule has 2 saturated heterocycles. The molecular weight excluding hydrogens is 507 g/mol. The number of piperazine rings is 1. The van der Waals surface area contributed by atoms with Gasteiger partial charge in [-0.1, -0.05) is 12.1 Å². The van der Waals surface area contributed by atoms with E-state index in [1.807, 2.05) is 6.07 Å². The Morgan fingerprint density at radius 3 is 2.83 bits per heavy atom. The van der Waals surface area contributed by atoms with Crippen LogP contribution >= 0.6 is 0 Å². The predicted molar refractivity (Wildman–Crippen MR) is 151 cm³/mol. The zero-order valence-electron chi connectivity index (χ0n) is 23.4. The predicted octanol–water partition coefficient (Wildman–Crippen LogP) is 4.31. The number of hydrogen-bond acceptors (Lipinski definition) is 7. The Hall–Kier alpha value is -3.06. The topological polar surface area (TPSA) is 88.3 Å². The van der Waals surface area contributed by atoms with Crippen molar-refractivity contribution < 1.29 is 13.8 Å². The highest BCUT2D eigenvalue weighted by molar-refractivity contribution is 5.52. The third kappa shape index (κ3) is 4.98. The Kier molecular flexibility index (Phi) is 7.28. The third-order valence-corrected chi connectivity index (χ3v) is 9.97. The van der Waals surface area contributed by atoms with Crippen LogP contribution < -0.4 is 9.64 Å². The molecule has 3 heterocycles. The maximum atomic E-state index is 14.5. The molecule has 0 amide bonds. The summed E-state index contributed by atoms with van der Waals surface area (Å²) in [6.07, 6.45) is 9.01. The minimum atomic E-state index is -0.562.